The van der Waals surface area contributed by atoms with Crippen LogP contribution in [0.1, 0.15) is 32.1 Å². The molecule has 1 aromatic carbocycles. The van der Waals surface area contributed by atoms with Gasteiger partial charge in [-0.3, -0.25) is 0 Å². The number of hydrogen-bond acceptors (Lipinski definition) is 2. The zero-order valence-corrected chi connectivity index (χ0v) is 11.4. The van der Waals surface area contributed by atoms with Gasteiger partial charge in [-0.2, -0.15) is 0 Å². The summed E-state index contributed by atoms with van der Waals surface area (Å²) < 4.78 is 25.5. The van der Waals surface area contributed by atoms with Crippen molar-refractivity contribution in [2.45, 2.75) is 42.2 Å². The Morgan fingerprint density at radius 1 is 1.00 bits per heavy atom. The fourth-order valence-corrected chi connectivity index (χ4v) is 4.31. The van der Waals surface area contributed by atoms with Crippen LogP contribution in [0.15, 0.2) is 33.6 Å². The molecule has 0 aromatic heterocycles. The first-order valence-corrected chi connectivity index (χ1v) is 7.94. The monoisotopic (exact) mass is 302 g/mol. The first-order valence-electron chi connectivity index (χ1n) is 5.60. The molecule has 0 aliphatic heterocycles. The molecule has 2 rings (SSSR count). The normalized spacial score (nSPS) is 18.6. The molecule has 0 radical (unpaired) electrons. The van der Waals surface area contributed by atoms with E-state index in [1.165, 1.54) is 6.42 Å². The van der Waals surface area contributed by atoms with E-state index in [0.29, 0.717) is 4.90 Å². The van der Waals surface area contributed by atoms with E-state index in [2.05, 4.69) is 15.9 Å². The molecule has 0 saturated heterocycles. The molecule has 16 heavy (non-hydrogen) atoms. The minimum absolute atomic E-state index is 0.164. The van der Waals surface area contributed by atoms with Gasteiger partial charge in [0.1, 0.15) is 0 Å². The van der Waals surface area contributed by atoms with Crippen molar-refractivity contribution in [1.82, 2.24) is 0 Å². The number of rotatable bonds is 2. The van der Waals surface area contributed by atoms with Gasteiger partial charge in [0.2, 0.25) is 0 Å². The molecule has 0 N–H and O–H groups in total. The van der Waals surface area contributed by atoms with Crippen LogP contribution in [0, 0.1) is 0 Å². The highest BCUT2D eigenvalue weighted by atomic mass is 79.9. The Kier molecular flexibility index (Phi) is 3.70. The first kappa shape index (κ1) is 12.1. The van der Waals surface area contributed by atoms with Crippen molar-refractivity contribution >= 4 is 25.8 Å². The highest BCUT2D eigenvalue weighted by Gasteiger charge is 2.28. The van der Waals surface area contributed by atoms with Crippen molar-refractivity contribution in [2.24, 2.45) is 0 Å². The maximum absolute atomic E-state index is 12.3. The van der Waals surface area contributed by atoms with Crippen LogP contribution in [-0.4, -0.2) is 13.7 Å². The van der Waals surface area contributed by atoms with Crippen LogP contribution in [0.4, 0.5) is 0 Å². The van der Waals surface area contributed by atoms with Gasteiger partial charge < -0.3 is 0 Å². The van der Waals surface area contributed by atoms with Gasteiger partial charge in [-0.1, -0.05) is 35.2 Å². The summed E-state index contributed by atoms with van der Waals surface area (Å²) in [4.78, 5) is 0.461. The second-order valence-corrected chi connectivity index (χ2v) is 7.40. The van der Waals surface area contributed by atoms with Crippen LogP contribution < -0.4 is 0 Å². The molecule has 1 aliphatic carbocycles. The molecule has 0 amide bonds. The summed E-state index contributed by atoms with van der Waals surface area (Å²) in [5.74, 6) is 0. The van der Waals surface area contributed by atoms with E-state index in [4.69, 9.17) is 0 Å². The molecule has 2 nitrogen and oxygen atoms in total. The summed E-state index contributed by atoms with van der Waals surface area (Å²) in [6.07, 6.45) is 4.89. The fraction of sp³-hybridized carbons (Fsp3) is 0.500. The van der Waals surface area contributed by atoms with Gasteiger partial charge in [-0.15, -0.1) is 0 Å². The molecular weight excluding hydrogens is 288 g/mol. The summed E-state index contributed by atoms with van der Waals surface area (Å²) >= 11 is 3.31. The average molecular weight is 303 g/mol. The first-order chi connectivity index (χ1) is 7.60. The van der Waals surface area contributed by atoms with E-state index in [1.54, 1.807) is 24.3 Å². The topological polar surface area (TPSA) is 34.1 Å². The van der Waals surface area contributed by atoms with E-state index in [-0.39, 0.29) is 5.25 Å². The van der Waals surface area contributed by atoms with Crippen molar-refractivity contribution in [2.75, 3.05) is 0 Å². The van der Waals surface area contributed by atoms with Crippen molar-refractivity contribution in [3.05, 3.63) is 28.7 Å². The third-order valence-electron chi connectivity index (χ3n) is 3.13. The van der Waals surface area contributed by atoms with E-state index in [0.717, 1.165) is 30.2 Å². The van der Waals surface area contributed by atoms with Gasteiger partial charge in [-0.05, 0) is 37.1 Å². The van der Waals surface area contributed by atoms with E-state index in [9.17, 15) is 8.42 Å². The largest absolute Gasteiger partial charge is 0.223 e. The van der Waals surface area contributed by atoms with E-state index >= 15 is 0 Å². The van der Waals surface area contributed by atoms with Crippen molar-refractivity contribution in [3.63, 3.8) is 0 Å². The molecule has 0 unspecified atom stereocenters. The Morgan fingerprint density at radius 3 is 2.12 bits per heavy atom. The molecule has 4 heteroatoms. The Morgan fingerprint density at radius 2 is 1.56 bits per heavy atom. The molecule has 0 atom stereocenters. The van der Waals surface area contributed by atoms with E-state index in [1.807, 2.05) is 0 Å². The summed E-state index contributed by atoms with van der Waals surface area (Å²) in [7, 11) is -3.10. The second kappa shape index (κ2) is 4.88. The van der Waals surface area contributed by atoms with Gasteiger partial charge in [0.05, 0.1) is 10.1 Å². The quantitative estimate of drug-likeness (QED) is 0.837. The lowest BCUT2D eigenvalue weighted by atomic mass is 10.0. The number of hydrogen-bond donors (Lipinski definition) is 0. The van der Waals surface area contributed by atoms with Crippen LogP contribution in [0.5, 0.6) is 0 Å². The van der Waals surface area contributed by atoms with Gasteiger partial charge in [0, 0.05) is 4.47 Å². The third kappa shape index (κ3) is 2.48. The highest BCUT2D eigenvalue weighted by molar-refractivity contribution is 9.10. The maximum Gasteiger partial charge on any atom is 0.181 e. The number of sulfone groups is 1. The predicted molar refractivity (Wildman–Crippen MR) is 68.2 cm³/mol. The molecule has 1 aromatic rings. The van der Waals surface area contributed by atoms with Crippen molar-refractivity contribution in [1.29, 1.82) is 0 Å². The summed E-state index contributed by atoms with van der Waals surface area (Å²) in [6, 6.07) is 6.95. The van der Waals surface area contributed by atoms with Crippen LogP contribution in [0.25, 0.3) is 0 Å². The predicted octanol–water partition coefficient (Wildman–Crippen LogP) is 3.56. The lowest BCUT2D eigenvalue weighted by molar-refractivity contribution is 0.483. The number of benzene rings is 1. The summed E-state index contributed by atoms with van der Waals surface area (Å²) in [5, 5.41) is -0.164. The molecular formula is C12H15BrO2S. The van der Waals surface area contributed by atoms with Gasteiger partial charge in [0.15, 0.2) is 9.84 Å². The smallest absolute Gasteiger partial charge is 0.181 e. The van der Waals surface area contributed by atoms with Gasteiger partial charge in [-0.25, -0.2) is 8.42 Å². The Labute approximate surface area is 105 Å². The maximum atomic E-state index is 12.3. The fourth-order valence-electron chi connectivity index (χ4n) is 2.19. The van der Waals surface area contributed by atoms with Crippen LogP contribution in [0.3, 0.4) is 0 Å². The SMILES string of the molecule is O=S(=O)(c1ccc(Br)cc1)C1CCCCC1. The van der Waals surface area contributed by atoms with Crippen LogP contribution in [0.2, 0.25) is 0 Å². The van der Waals surface area contributed by atoms with Crippen LogP contribution in [-0.2, 0) is 9.84 Å². The van der Waals surface area contributed by atoms with Crippen molar-refractivity contribution < 1.29 is 8.42 Å². The molecule has 1 saturated carbocycles. The summed E-state index contributed by atoms with van der Waals surface area (Å²) in [5.41, 5.74) is 0. The lowest BCUT2D eigenvalue weighted by Crippen LogP contribution is -2.23. The van der Waals surface area contributed by atoms with Crippen LogP contribution >= 0.6 is 15.9 Å². The standard InChI is InChI=1S/C12H15BrO2S/c13-10-6-8-12(9-7-10)16(14,15)11-4-2-1-3-5-11/h6-9,11H,1-5H2. The zero-order valence-electron chi connectivity index (χ0n) is 9.02. The molecule has 0 heterocycles. The molecule has 0 spiro atoms. The van der Waals surface area contributed by atoms with Gasteiger partial charge in [0.25, 0.3) is 0 Å². The third-order valence-corrected chi connectivity index (χ3v) is 5.94. The minimum Gasteiger partial charge on any atom is -0.223 e. The van der Waals surface area contributed by atoms with Crippen molar-refractivity contribution in [3.8, 4) is 0 Å². The molecule has 1 aliphatic rings. The molecule has 88 valence electrons. The summed E-state index contributed by atoms with van der Waals surface area (Å²) in [6.45, 7) is 0. The van der Waals surface area contributed by atoms with Gasteiger partial charge >= 0.3 is 0 Å². The zero-order chi connectivity index (χ0) is 11.6. The average Bonchev–Trinajstić information content (AvgIpc) is 2.31. The second-order valence-electron chi connectivity index (χ2n) is 4.26. The highest BCUT2D eigenvalue weighted by Crippen LogP contribution is 2.28. The molecule has 1 fully saturated rings. The Hall–Kier alpha value is -0.350. The molecule has 0 bridgehead atoms. The minimum atomic E-state index is -3.10. The Bertz CT molecular complexity index is 444. The number of halogens is 1. The van der Waals surface area contributed by atoms with E-state index < -0.39 is 9.84 Å². The lowest BCUT2D eigenvalue weighted by Gasteiger charge is -2.21. The Balaban J connectivity index is 2.27.